The molecule has 20 heavy (non-hydrogen) atoms. The second-order valence-corrected chi connectivity index (χ2v) is 4.64. The Morgan fingerprint density at radius 1 is 1.45 bits per heavy atom. The third kappa shape index (κ3) is 2.05. The van der Waals surface area contributed by atoms with Crippen molar-refractivity contribution in [1.82, 2.24) is 24.7 Å². The zero-order valence-corrected chi connectivity index (χ0v) is 11.2. The van der Waals surface area contributed by atoms with Gasteiger partial charge in [0.1, 0.15) is 12.0 Å². The Bertz CT molecular complexity index is 762. The van der Waals surface area contributed by atoms with E-state index in [1.54, 1.807) is 6.33 Å². The van der Waals surface area contributed by atoms with E-state index in [2.05, 4.69) is 32.9 Å². The van der Waals surface area contributed by atoms with Crippen LogP contribution in [0.1, 0.15) is 25.8 Å². The number of H-pyrrole nitrogens is 1. The smallest absolute Gasteiger partial charge is 0.141 e. The Balaban J connectivity index is 2.02. The molecule has 5 heteroatoms. The molecule has 3 aromatic rings. The van der Waals surface area contributed by atoms with E-state index in [4.69, 9.17) is 6.42 Å². The first-order valence-electron chi connectivity index (χ1n) is 6.59. The maximum absolute atomic E-state index is 5.40. The van der Waals surface area contributed by atoms with Crippen LogP contribution in [0.5, 0.6) is 0 Å². The van der Waals surface area contributed by atoms with Gasteiger partial charge in [-0.2, -0.15) is 5.10 Å². The highest BCUT2D eigenvalue weighted by molar-refractivity contribution is 5.89. The summed E-state index contributed by atoms with van der Waals surface area (Å²) in [4.78, 5) is 11.6. The normalized spacial score (nSPS) is 12.4. The molecule has 5 nitrogen and oxygen atoms in total. The Hall–Kier alpha value is -2.61. The molecule has 0 radical (unpaired) electrons. The largest absolute Gasteiger partial charge is 0.346 e. The van der Waals surface area contributed by atoms with Crippen molar-refractivity contribution in [2.24, 2.45) is 0 Å². The molecule has 0 saturated heterocycles. The molecule has 3 aromatic heterocycles. The van der Waals surface area contributed by atoms with Crippen molar-refractivity contribution >= 4 is 11.0 Å². The summed E-state index contributed by atoms with van der Waals surface area (Å²) in [7, 11) is 0. The minimum atomic E-state index is 0.234. The van der Waals surface area contributed by atoms with Gasteiger partial charge in [0.05, 0.1) is 17.9 Å². The fourth-order valence-corrected chi connectivity index (χ4v) is 2.32. The number of fused-ring (bicyclic) bond motifs is 1. The molecule has 0 spiro atoms. The number of hydrogen-bond donors (Lipinski definition) is 1. The predicted octanol–water partition coefficient (Wildman–Crippen LogP) is 2.80. The molecule has 0 aromatic carbocycles. The van der Waals surface area contributed by atoms with Gasteiger partial charge in [0.25, 0.3) is 0 Å². The number of aromatic nitrogens is 5. The zero-order valence-electron chi connectivity index (χ0n) is 11.2. The highest BCUT2D eigenvalue weighted by Gasteiger charge is 2.13. The molecular weight excluding hydrogens is 250 g/mol. The highest BCUT2D eigenvalue weighted by Crippen LogP contribution is 2.25. The molecule has 0 aliphatic carbocycles. The van der Waals surface area contributed by atoms with Crippen molar-refractivity contribution in [2.45, 2.75) is 25.8 Å². The molecule has 0 saturated carbocycles. The average molecular weight is 265 g/mol. The first-order valence-corrected chi connectivity index (χ1v) is 6.59. The Labute approximate surface area is 117 Å². The molecule has 100 valence electrons. The van der Waals surface area contributed by atoms with Crippen LogP contribution in [0, 0.1) is 12.3 Å². The molecule has 3 rings (SSSR count). The lowest BCUT2D eigenvalue weighted by Gasteiger charge is -2.11. The number of nitrogens with one attached hydrogen (secondary N) is 1. The topological polar surface area (TPSA) is 59.4 Å². The molecule has 1 unspecified atom stereocenters. The van der Waals surface area contributed by atoms with Gasteiger partial charge in [0.15, 0.2) is 0 Å². The summed E-state index contributed by atoms with van der Waals surface area (Å²) in [5.74, 6) is 2.70. The number of nitrogens with zero attached hydrogens (tertiary/aromatic N) is 4. The lowest BCUT2D eigenvalue weighted by atomic mass is 10.1. The Morgan fingerprint density at radius 2 is 2.35 bits per heavy atom. The molecule has 1 N–H and O–H groups in total. The quantitative estimate of drug-likeness (QED) is 0.738. The van der Waals surface area contributed by atoms with Gasteiger partial charge in [0.2, 0.25) is 0 Å². The van der Waals surface area contributed by atoms with E-state index in [-0.39, 0.29) is 6.04 Å². The van der Waals surface area contributed by atoms with Crippen molar-refractivity contribution in [1.29, 1.82) is 0 Å². The average Bonchev–Trinajstić information content (AvgIpc) is 3.12. The van der Waals surface area contributed by atoms with Crippen molar-refractivity contribution in [3.63, 3.8) is 0 Å². The van der Waals surface area contributed by atoms with Crippen molar-refractivity contribution < 1.29 is 0 Å². The molecule has 0 amide bonds. The molecule has 1 atom stereocenters. The van der Waals surface area contributed by atoms with E-state index in [1.165, 1.54) is 0 Å². The van der Waals surface area contributed by atoms with E-state index in [1.807, 2.05) is 29.3 Å². The second kappa shape index (κ2) is 5.17. The maximum Gasteiger partial charge on any atom is 0.141 e. The first kappa shape index (κ1) is 12.4. The summed E-state index contributed by atoms with van der Waals surface area (Å²) in [6.07, 6.45) is 14.3. The van der Waals surface area contributed by atoms with E-state index in [0.717, 1.165) is 28.7 Å². The summed E-state index contributed by atoms with van der Waals surface area (Å²) in [6.45, 7) is 2.11. The molecule has 0 aliphatic heterocycles. The van der Waals surface area contributed by atoms with E-state index < -0.39 is 0 Å². The Morgan fingerprint density at radius 3 is 3.15 bits per heavy atom. The highest BCUT2D eigenvalue weighted by atomic mass is 15.3. The van der Waals surface area contributed by atoms with Crippen molar-refractivity contribution in [3.8, 4) is 23.6 Å². The van der Waals surface area contributed by atoms with E-state index >= 15 is 0 Å². The van der Waals surface area contributed by atoms with Crippen LogP contribution < -0.4 is 0 Å². The fraction of sp³-hybridized carbons (Fsp3) is 0.267. The SMILES string of the molecule is C#CCC(CC)n1cc(-c2ncnc3[nH]ccc23)cn1. The van der Waals surface area contributed by atoms with Gasteiger partial charge in [-0.25, -0.2) is 9.97 Å². The molecular formula is C15H15N5. The number of terminal acetylenes is 1. The minimum Gasteiger partial charge on any atom is -0.346 e. The van der Waals surface area contributed by atoms with Gasteiger partial charge in [-0.15, -0.1) is 12.3 Å². The van der Waals surface area contributed by atoms with Crippen LogP contribution in [0.25, 0.3) is 22.3 Å². The van der Waals surface area contributed by atoms with E-state index in [9.17, 15) is 0 Å². The van der Waals surface area contributed by atoms with Gasteiger partial charge in [-0.05, 0) is 12.5 Å². The van der Waals surface area contributed by atoms with Gasteiger partial charge in [0, 0.05) is 29.8 Å². The first-order chi connectivity index (χ1) is 9.83. The van der Waals surface area contributed by atoms with Crippen molar-refractivity contribution in [3.05, 3.63) is 31.0 Å². The molecule has 0 aliphatic rings. The summed E-state index contributed by atoms with van der Waals surface area (Å²) in [6, 6.07) is 2.21. The Kier molecular flexibility index (Phi) is 3.21. The summed E-state index contributed by atoms with van der Waals surface area (Å²) < 4.78 is 1.93. The van der Waals surface area contributed by atoms with Crippen LogP contribution in [0.4, 0.5) is 0 Å². The monoisotopic (exact) mass is 265 g/mol. The van der Waals surface area contributed by atoms with Crippen LogP contribution in [0.3, 0.4) is 0 Å². The van der Waals surface area contributed by atoms with Gasteiger partial charge in [-0.3, -0.25) is 4.68 Å². The lowest BCUT2D eigenvalue weighted by molar-refractivity contribution is 0.450. The van der Waals surface area contributed by atoms with Crippen LogP contribution >= 0.6 is 0 Å². The fourth-order valence-electron chi connectivity index (χ4n) is 2.32. The third-order valence-electron chi connectivity index (χ3n) is 3.43. The number of hydrogen-bond acceptors (Lipinski definition) is 3. The number of aromatic amines is 1. The lowest BCUT2D eigenvalue weighted by Crippen LogP contribution is -2.07. The molecule has 0 fully saturated rings. The van der Waals surface area contributed by atoms with Gasteiger partial charge < -0.3 is 4.98 Å². The third-order valence-corrected chi connectivity index (χ3v) is 3.43. The van der Waals surface area contributed by atoms with Crippen LogP contribution in [0.2, 0.25) is 0 Å². The van der Waals surface area contributed by atoms with Gasteiger partial charge in [-0.1, -0.05) is 6.92 Å². The minimum absolute atomic E-state index is 0.234. The number of rotatable bonds is 4. The second-order valence-electron chi connectivity index (χ2n) is 4.64. The van der Waals surface area contributed by atoms with Crippen LogP contribution in [0.15, 0.2) is 31.0 Å². The molecule has 0 bridgehead atoms. The predicted molar refractivity (Wildman–Crippen MR) is 77.9 cm³/mol. The van der Waals surface area contributed by atoms with Gasteiger partial charge >= 0.3 is 0 Å². The van der Waals surface area contributed by atoms with Crippen LogP contribution in [-0.4, -0.2) is 24.7 Å². The summed E-state index contributed by atoms with van der Waals surface area (Å²) >= 11 is 0. The summed E-state index contributed by atoms with van der Waals surface area (Å²) in [5.41, 5.74) is 2.70. The van der Waals surface area contributed by atoms with Crippen molar-refractivity contribution in [2.75, 3.05) is 0 Å². The zero-order chi connectivity index (χ0) is 13.9. The van der Waals surface area contributed by atoms with E-state index in [0.29, 0.717) is 6.42 Å². The standard InChI is InChI=1S/C15H15N5/c1-3-5-12(4-2)20-9-11(8-19-20)14-13-6-7-16-15(13)18-10-17-14/h1,6-10,12H,4-5H2,2H3,(H,16,17,18). The molecule has 3 heterocycles. The summed E-state index contributed by atoms with van der Waals surface area (Å²) in [5, 5.41) is 5.42. The maximum atomic E-state index is 5.40. The van der Waals surface area contributed by atoms with Crippen LogP contribution in [-0.2, 0) is 0 Å².